The molecule has 23 heavy (non-hydrogen) atoms. The topological polar surface area (TPSA) is 72.2 Å². The zero-order chi connectivity index (χ0) is 15.7. The van der Waals surface area contributed by atoms with Gasteiger partial charge in [0.15, 0.2) is 0 Å². The first-order chi connectivity index (χ1) is 10.5. The Kier molecular flexibility index (Phi) is 6.08. The van der Waals surface area contributed by atoms with Gasteiger partial charge in [-0.25, -0.2) is 13.1 Å². The average Bonchev–Trinajstić information content (AvgIpc) is 2.93. The highest BCUT2D eigenvalue weighted by Crippen LogP contribution is 2.27. The van der Waals surface area contributed by atoms with E-state index < -0.39 is 10.0 Å². The Morgan fingerprint density at radius 2 is 1.83 bits per heavy atom. The molecule has 126 valence electrons. The van der Waals surface area contributed by atoms with Crippen molar-refractivity contribution in [1.82, 2.24) is 4.72 Å². The summed E-state index contributed by atoms with van der Waals surface area (Å²) in [6.45, 7) is 0.527. The van der Waals surface area contributed by atoms with Gasteiger partial charge < -0.3 is 5.73 Å². The summed E-state index contributed by atoms with van der Waals surface area (Å²) in [4.78, 5) is 0.310. The number of fused-ring (bicyclic) bond motifs is 1. The fourth-order valence-corrected chi connectivity index (χ4v) is 4.86. The quantitative estimate of drug-likeness (QED) is 0.797. The monoisotopic (exact) mass is 418 g/mol. The van der Waals surface area contributed by atoms with Crippen molar-refractivity contribution in [2.75, 3.05) is 6.54 Å². The summed E-state index contributed by atoms with van der Waals surface area (Å²) in [6.07, 6.45) is 2.89. The summed E-state index contributed by atoms with van der Waals surface area (Å²) >= 11 is 3.42. The maximum atomic E-state index is 12.6. The summed E-state index contributed by atoms with van der Waals surface area (Å²) in [5.74, 6) is 0.242. The Hall–Kier alpha value is -0.660. The van der Waals surface area contributed by atoms with Gasteiger partial charge in [0, 0.05) is 10.5 Å². The predicted octanol–water partition coefficient (Wildman–Crippen LogP) is 3.43. The number of rotatable bonds is 4. The van der Waals surface area contributed by atoms with Crippen molar-refractivity contribution in [2.45, 2.75) is 30.2 Å². The molecular formula is C16H20BrClN2O2S. The van der Waals surface area contributed by atoms with Crippen molar-refractivity contribution in [3.8, 4) is 0 Å². The largest absolute Gasteiger partial charge is 0.330 e. The van der Waals surface area contributed by atoms with Gasteiger partial charge in [0.1, 0.15) is 0 Å². The molecule has 0 amide bonds. The molecule has 3 N–H and O–H groups in total. The molecule has 2 unspecified atom stereocenters. The van der Waals surface area contributed by atoms with Crippen LogP contribution >= 0.6 is 28.3 Å². The molecule has 0 bridgehead atoms. The standard InChI is InChI=1S/C16H19BrN2O2S.ClH/c17-14-6-4-12-9-15(7-5-11(12)8-14)22(20,21)19-16-3-1-2-13(16)10-18;/h4-9,13,16,19H,1-3,10,18H2;1H. The molecule has 2 atom stereocenters. The van der Waals surface area contributed by atoms with Gasteiger partial charge in [-0.2, -0.15) is 0 Å². The second-order valence-electron chi connectivity index (χ2n) is 5.81. The zero-order valence-electron chi connectivity index (χ0n) is 12.5. The van der Waals surface area contributed by atoms with Crippen LogP contribution in [-0.2, 0) is 10.0 Å². The summed E-state index contributed by atoms with van der Waals surface area (Å²) in [5.41, 5.74) is 5.73. The lowest BCUT2D eigenvalue weighted by Crippen LogP contribution is -2.39. The van der Waals surface area contributed by atoms with Crippen LogP contribution in [0, 0.1) is 5.92 Å². The molecule has 1 aliphatic carbocycles. The highest BCUT2D eigenvalue weighted by Gasteiger charge is 2.30. The lowest BCUT2D eigenvalue weighted by molar-refractivity contribution is 0.453. The second-order valence-corrected chi connectivity index (χ2v) is 8.44. The molecule has 7 heteroatoms. The summed E-state index contributed by atoms with van der Waals surface area (Å²) in [7, 11) is -3.51. The van der Waals surface area contributed by atoms with Crippen LogP contribution < -0.4 is 10.5 Å². The number of halogens is 2. The van der Waals surface area contributed by atoms with E-state index in [0.717, 1.165) is 34.5 Å². The molecule has 1 fully saturated rings. The Labute approximate surface area is 151 Å². The number of benzene rings is 2. The van der Waals surface area contributed by atoms with Gasteiger partial charge >= 0.3 is 0 Å². The first-order valence-corrected chi connectivity index (χ1v) is 9.69. The highest BCUT2D eigenvalue weighted by atomic mass is 79.9. The fraction of sp³-hybridized carbons (Fsp3) is 0.375. The van der Waals surface area contributed by atoms with Crippen LogP contribution in [0.15, 0.2) is 45.8 Å². The normalized spacial score (nSPS) is 21.3. The minimum Gasteiger partial charge on any atom is -0.330 e. The molecule has 4 nitrogen and oxygen atoms in total. The lowest BCUT2D eigenvalue weighted by Gasteiger charge is -2.19. The molecule has 0 spiro atoms. The number of nitrogens with two attached hydrogens (primary N) is 1. The molecule has 0 aromatic heterocycles. The minimum atomic E-state index is -3.51. The molecule has 1 aliphatic rings. The van der Waals surface area contributed by atoms with E-state index in [1.165, 1.54) is 0 Å². The first kappa shape index (κ1) is 18.7. The molecule has 0 heterocycles. The highest BCUT2D eigenvalue weighted by molar-refractivity contribution is 9.10. The van der Waals surface area contributed by atoms with E-state index in [2.05, 4.69) is 20.7 Å². The van der Waals surface area contributed by atoms with Crippen LogP contribution in [-0.4, -0.2) is 21.0 Å². The third-order valence-electron chi connectivity index (χ3n) is 4.35. The smallest absolute Gasteiger partial charge is 0.240 e. The van der Waals surface area contributed by atoms with Gasteiger partial charge in [-0.15, -0.1) is 12.4 Å². The van der Waals surface area contributed by atoms with E-state index in [1.807, 2.05) is 24.3 Å². The van der Waals surface area contributed by atoms with E-state index in [4.69, 9.17) is 5.73 Å². The molecule has 0 radical (unpaired) electrons. The van der Waals surface area contributed by atoms with Crippen molar-refractivity contribution in [1.29, 1.82) is 0 Å². The maximum Gasteiger partial charge on any atom is 0.240 e. The summed E-state index contributed by atoms with van der Waals surface area (Å²) < 4.78 is 29.0. The van der Waals surface area contributed by atoms with E-state index in [0.29, 0.717) is 11.4 Å². The lowest BCUT2D eigenvalue weighted by atomic mass is 10.1. The number of nitrogens with one attached hydrogen (secondary N) is 1. The number of sulfonamides is 1. The Bertz CT molecular complexity index is 798. The third-order valence-corrected chi connectivity index (χ3v) is 6.33. The molecule has 0 saturated heterocycles. The molecule has 2 aromatic rings. The van der Waals surface area contributed by atoms with Gasteiger partial charge in [-0.05, 0) is 60.3 Å². The Balaban J connectivity index is 0.00000192. The van der Waals surface area contributed by atoms with Crippen molar-refractivity contribution < 1.29 is 8.42 Å². The van der Waals surface area contributed by atoms with E-state index in [9.17, 15) is 8.42 Å². The van der Waals surface area contributed by atoms with E-state index in [1.54, 1.807) is 12.1 Å². The van der Waals surface area contributed by atoms with E-state index in [-0.39, 0.29) is 24.4 Å². The molecule has 3 rings (SSSR count). The van der Waals surface area contributed by atoms with Gasteiger partial charge in [0.05, 0.1) is 4.90 Å². The SMILES string of the molecule is Cl.NCC1CCCC1NS(=O)(=O)c1ccc2cc(Br)ccc2c1. The van der Waals surface area contributed by atoms with Crippen LogP contribution in [0.2, 0.25) is 0 Å². The predicted molar refractivity (Wildman–Crippen MR) is 99.4 cm³/mol. The molecule has 2 aromatic carbocycles. The van der Waals surface area contributed by atoms with E-state index >= 15 is 0 Å². The summed E-state index contributed by atoms with van der Waals surface area (Å²) in [5, 5.41) is 1.92. The van der Waals surface area contributed by atoms with Crippen molar-refractivity contribution in [3.63, 3.8) is 0 Å². The van der Waals surface area contributed by atoms with Crippen molar-refractivity contribution in [2.24, 2.45) is 11.7 Å². The van der Waals surface area contributed by atoms with Crippen molar-refractivity contribution >= 4 is 49.1 Å². The Morgan fingerprint density at radius 3 is 2.57 bits per heavy atom. The van der Waals surface area contributed by atoms with Crippen LogP contribution in [0.4, 0.5) is 0 Å². The minimum absolute atomic E-state index is 0. The summed E-state index contributed by atoms with van der Waals surface area (Å²) in [6, 6.07) is 11.0. The van der Waals surface area contributed by atoms with Crippen LogP contribution in [0.5, 0.6) is 0 Å². The van der Waals surface area contributed by atoms with Gasteiger partial charge in [-0.1, -0.05) is 34.5 Å². The van der Waals surface area contributed by atoms with Crippen LogP contribution in [0.25, 0.3) is 10.8 Å². The van der Waals surface area contributed by atoms with Gasteiger partial charge in [0.2, 0.25) is 10.0 Å². The van der Waals surface area contributed by atoms with Crippen LogP contribution in [0.1, 0.15) is 19.3 Å². The first-order valence-electron chi connectivity index (χ1n) is 7.41. The zero-order valence-corrected chi connectivity index (χ0v) is 15.8. The molecular weight excluding hydrogens is 400 g/mol. The van der Waals surface area contributed by atoms with Crippen molar-refractivity contribution in [3.05, 3.63) is 40.9 Å². The molecule has 0 aliphatic heterocycles. The number of hydrogen-bond acceptors (Lipinski definition) is 3. The molecule has 1 saturated carbocycles. The maximum absolute atomic E-state index is 12.6. The second kappa shape index (κ2) is 7.49. The van der Waals surface area contributed by atoms with Gasteiger partial charge in [0.25, 0.3) is 0 Å². The average molecular weight is 420 g/mol. The number of hydrogen-bond donors (Lipinski definition) is 2. The fourth-order valence-electron chi connectivity index (χ4n) is 3.10. The Morgan fingerprint density at radius 1 is 1.13 bits per heavy atom. The third kappa shape index (κ3) is 4.06. The van der Waals surface area contributed by atoms with Crippen LogP contribution in [0.3, 0.4) is 0 Å². The van der Waals surface area contributed by atoms with Gasteiger partial charge in [-0.3, -0.25) is 0 Å².